The van der Waals surface area contributed by atoms with Crippen LogP contribution in [-0.2, 0) is 16.1 Å². The highest BCUT2D eigenvalue weighted by Crippen LogP contribution is 2.38. The molecule has 8 nitrogen and oxygen atoms in total. The molecule has 26 heavy (non-hydrogen) atoms. The van der Waals surface area contributed by atoms with E-state index in [0.717, 1.165) is 5.56 Å². The minimum absolute atomic E-state index is 0.170. The fourth-order valence-electron chi connectivity index (χ4n) is 2.40. The van der Waals surface area contributed by atoms with E-state index in [-0.39, 0.29) is 12.3 Å². The van der Waals surface area contributed by atoms with Gasteiger partial charge in [0.05, 0.1) is 4.92 Å². The van der Waals surface area contributed by atoms with Crippen LogP contribution in [-0.4, -0.2) is 37.1 Å². The van der Waals surface area contributed by atoms with E-state index in [2.05, 4.69) is 5.32 Å². The number of hydrogen-bond acceptors (Lipinski definition) is 7. The van der Waals surface area contributed by atoms with Crippen LogP contribution in [0.4, 0.5) is 11.4 Å². The van der Waals surface area contributed by atoms with Gasteiger partial charge in [-0.2, -0.15) is 0 Å². The van der Waals surface area contributed by atoms with Crippen LogP contribution in [0.1, 0.15) is 12.0 Å². The van der Waals surface area contributed by atoms with E-state index in [1.165, 1.54) is 26.4 Å². The maximum absolute atomic E-state index is 11.3. The third kappa shape index (κ3) is 5.33. The van der Waals surface area contributed by atoms with Crippen molar-refractivity contribution in [1.29, 1.82) is 0 Å². The molecule has 0 saturated heterocycles. The molecule has 2 N–H and O–H groups in total. The van der Waals surface area contributed by atoms with Gasteiger partial charge in [0.15, 0.2) is 12.0 Å². The van der Waals surface area contributed by atoms with Crippen LogP contribution >= 0.6 is 0 Å². The number of hydrogen-bond donors (Lipinski definition) is 2. The van der Waals surface area contributed by atoms with Gasteiger partial charge in [0, 0.05) is 39.3 Å². The number of rotatable bonds is 10. The normalized spacial score (nSPS) is 10.7. The lowest BCUT2D eigenvalue weighted by molar-refractivity contribution is -0.385. The summed E-state index contributed by atoms with van der Waals surface area (Å²) >= 11 is 0. The van der Waals surface area contributed by atoms with Crippen molar-refractivity contribution in [1.82, 2.24) is 0 Å². The van der Waals surface area contributed by atoms with Crippen molar-refractivity contribution in [3.63, 3.8) is 0 Å². The van der Waals surface area contributed by atoms with Gasteiger partial charge in [-0.25, -0.2) is 0 Å². The van der Waals surface area contributed by atoms with Crippen molar-refractivity contribution in [3.8, 4) is 11.5 Å². The third-order valence-electron chi connectivity index (χ3n) is 3.72. The number of methoxy groups -OCH3 is 2. The molecule has 0 saturated carbocycles. The summed E-state index contributed by atoms with van der Waals surface area (Å²) in [6.07, 6.45) is 0.0488. The molecule has 0 spiro atoms. The quantitative estimate of drug-likeness (QED) is 0.380. The molecule has 2 rings (SSSR count). The first kappa shape index (κ1) is 19.5. The van der Waals surface area contributed by atoms with Crippen LogP contribution < -0.4 is 10.1 Å². The summed E-state index contributed by atoms with van der Waals surface area (Å²) in [5.74, 6) is -0.132. The fraction of sp³-hybridized carbons (Fsp3) is 0.333. The average Bonchev–Trinajstić information content (AvgIpc) is 2.64. The molecule has 0 atom stereocenters. The van der Waals surface area contributed by atoms with E-state index in [0.29, 0.717) is 18.7 Å². The SMILES string of the molecule is COC(CCNc1cc(OCc2ccccc2)cc(O)c1[N+](=O)[O-])OC. The van der Waals surface area contributed by atoms with Crippen LogP contribution in [0.2, 0.25) is 0 Å². The Hall–Kier alpha value is -2.84. The number of phenolic OH excluding ortho intramolecular Hbond substituents is 1. The van der Waals surface area contributed by atoms with E-state index in [9.17, 15) is 15.2 Å². The first-order chi connectivity index (χ1) is 12.5. The fourth-order valence-corrected chi connectivity index (χ4v) is 2.40. The van der Waals surface area contributed by atoms with Crippen molar-refractivity contribution >= 4 is 11.4 Å². The van der Waals surface area contributed by atoms with E-state index in [1.807, 2.05) is 30.3 Å². The molecule has 0 heterocycles. The van der Waals surface area contributed by atoms with Crippen LogP contribution in [0, 0.1) is 10.1 Å². The Morgan fingerprint density at radius 1 is 1.19 bits per heavy atom. The minimum Gasteiger partial charge on any atom is -0.502 e. The number of nitrogens with one attached hydrogen (secondary N) is 1. The second-order valence-corrected chi connectivity index (χ2v) is 5.49. The highest BCUT2D eigenvalue weighted by Gasteiger charge is 2.22. The van der Waals surface area contributed by atoms with Crippen LogP contribution in [0.5, 0.6) is 11.5 Å². The number of phenols is 1. The molecule has 0 fully saturated rings. The summed E-state index contributed by atoms with van der Waals surface area (Å²) in [5.41, 5.74) is 0.718. The summed E-state index contributed by atoms with van der Waals surface area (Å²) in [6, 6.07) is 12.2. The number of nitro benzene ring substituents is 1. The third-order valence-corrected chi connectivity index (χ3v) is 3.72. The van der Waals surface area contributed by atoms with Gasteiger partial charge < -0.3 is 24.6 Å². The Bertz CT molecular complexity index is 719. The predicted octanol–water partition coefficient (Wildman–Crippen LogP) is 3.30. The zero-order valence-corrected chi connectivity index (χ0v) is 14.7. The minimum atomic E-state index is -0.636. The summed E-state index contributed by atoms with van der Waals surface area (Å²) in [5, 5.41) is 24.2. The number of nitro groups is 1. The Morgan fingerprint density at radius 3 is 2.50 bits per heavy atom. The molecular weight excluding hydrogens is 340 g/mol. The van der Waals surface area contributed by atoms with E-state index >= 15 is 0 Å². The molecule has 2 aromatic rings. The van der Waals surface area contributed by atoms with Gasteiger partial charge >= 0.3 is 5.69 Å². The van der Waals surface area contributed by atoms with E-state index < -0.39 is 22.7 Å². The molecule has 0 bridgehead atoms. The zero-order valence-electron chi connectivity index (χ0n) is 14.7. The smallest absolute Gasteiger partial charge is 0.333 e. The first-order valence-corrected chi connectivity index (χ1v) is 8.02. The summed E-state index contributed by atoms with van der Waals surface area (Å²) in [4.78, 5) is 10.6. The molecule has 8 heteroatoms. The maximum Gasteiger partial charge on any atom is 0.333 e. The standard InChI is InChI=1S/C18H22N2O6/c1-24-17(25-2)8-9-19-15-10-14(11-16(21)18(15)20(22)23)26-12-13-6-4-3-5-7-13/h3-7,10-11,17,19,21H,8-9,12H2,1-2H3. The Labute approximate surface area is 151 Å². The number of benzene rings is 2. The molecule has 0 aliphatic carbocycles. The molecular formula is C18H22N2O6. The maximum atomic E-state index is 11.3. The van der Waals surface area contributed by atoms with Gasteiger partial charge in [0.1, 0.15) is 18.0 Å². The number of anilines is 1. The van der Waals surface area contributed by atoms with Gasteiger partial charge in [-0.3, -0.25) is 10.1 Å². The summed E-state index contributed by atoms with van der Waals surface area (Å²) in [7, 11) is 3.03. The second kappa shape index (κ2) is 9.59. The van der Waals surface area contributed by atoms with Crippen molar-refractivity contribution in [3.05, 3.63) is 58.1 Å². The average molecular weight is 362 g/mol. The topological polar surface area (TPSA) is 103 Å². The van der Waals surface area contributed by atoms with Crippen molar-refractivity contribution in [2.45, 2.75) is 19.3 Å². The van der Waals surface area contributed by atoms with Gasteiger partial charge in [-0.05, 0) is 5.56 Å². The molecule has 0 amide bonds. The van der Waals surface area contributed by atoms with Gasteiger partial charge in [-0.1, -0.05) is 30.3 Å². The Morgan fingerprint density at radius 2 is 1.88 bits per heavy atom. The van der Waals surface area contributed by atoms with Crippen molar-refractivity contribution < 1.29 is 24.2 Å². The van der Waals surface area contributed by atoms with Crippen molar-refractivity contribution in [2.75, 3.05) is 26.1 Å². The lowest BCUT2D eigenvalue weighted by Gasteiger charge is -2.15. The van der Waals surface area contributed by atoms with Gasteiger partial charge in [-0.15, -0.1) is 0 Å². The van der Waals surface area contributed by atoms with Crippen LogP contribution in [0.25, 0.3) is 0 Å². The lowest BCUT2D eigenvalue weighted by atomic mass is 10.2. The highest BCUT2D eigenvalue weighted by molar-refractivity contribution is 5.70. The molecule has 0 aliphatic rings. The predicted molar refractivity (Wildman–Crippen MR) is 96.4 cm³/mol. The lowest BCUT2D eigenvalue weighted by Crippen LogP contribution is -2.18. The molecule has 0 aliphatic heterocycles. The number of ether oxygens (including phenoxy) is 3. The zero-order chi connectivity index (χ0) is 18.9. The number of aromatic hydroxyl groups is 1. The monoisotopic (exact) mass is 362 g/mol. The molecule has 2 aromatic carbocycles. The second-order valence-electron chi connectivity index (χ2n) is 5.49. The first-order valence-electron chi connectivity index (χ1n) is 8.02. The summed E-state index contributed by atoms with van der Waals surface area (Å²) in [6.45, 7) is 0.641. The van der Waals surface area contributed by atoms with E-state index in [1.54, 1.807) is 0 Å². The molecule has 0 aromatic heterocycles. The largest absolute Gasteiger partial charge is 0.502 e. The molecule has 0 radical (unpaired) electrons. The molecule has 140 valence electrons. The summed E-state index contributed by atoms with van der Waals surface area (Å²) < 4.78 is 15.8. The number of nitrogens with zero attached hydrogens (tertiary/aromatic N) is 1. The Kier molecular flexibility index (Phi) is 7.19. The highest BCUT2D eigenvalue weighted by atomic mass is 16.7. The van der Waals surface area contributed by atoms with Gasteiger partial charge in [0.25, 0.3) is 0 Å². The van der Waals surface area contributed by atoms with E-state index in [4.69, 9.17) is 14.2 Å². The van der Waals surface area contributed by atoms with Gasteiger partial charge in [0.2, 0.25) is 0 Å². The molecule has 0 unspecified atom stereocenters. The Balaban J connectivity index is 2.12. The van der Waals surface area contributed by atoms with Crippen LogP contribution in [0.3, 0.4) is 0 Å². The van der Waals surface area contributed by atoms with Crippen LogP contribution in [0.15, 0.2) is 42.5 Å². The van der Waals surface area contributed by atoms with Crippen molar-refractivity contribution in [2.24, 2.45) is 0 Å².